The zero-order valence-electron chi connectivity index (χ0n) is 15.8. The van der Waals surface area contributed by atoms with Crippen LogP contribution >= 0.6 is 0 Å². The zero-order valence-corrected chi connectivity index (χ0v) is 16.6. The first kappa shape index (κ1) is 20.3. The summed E-state index contributed by atoms with van der Waals surface area (Å²) in [6.45, 7) is 0.380. The fourth-order valence-electron chi connectivity index (χ4n) is 3.38. The van der Waals surface area contributed by atoms with Gasteiger partial charge in [0, 0.05) is 18.7 Å². The van der Waals surface area contributed by atoms with Crippen LogP contribution in [0.3, 0.4) is 0 Å². The first-order valence-corrected chi connectivity index (χ1v) is 10.8. The van der Waals surface area contributed by atoms with Crippen molar-refractivity contribution in [3.05, 3.63) is 48.8 Å². The van der Waals surface area contributed by atoms with Gasteiger partial charge in [-0.25, -0.2) is 13.1 Å². The Balaban J connectivity index is 1.46. The van der Waals surface area contributed by atoms with E-state index in [0.717, 1.165) is 25.7 Å². The van der Waals surface area contributed by atoms with E-state index in [1.807, 2.05) is 6.07 Å². The van der Waals surface area contributed by atoms with Crippen LogP contribution in [0.4, 0.5) is 5.69 Å². The minimum atomic E-state index is -3.55. The maximum Gasteiger partial charge on any atom is 0.240 e. The third kappa shape index (κ3) is 5.30. The van der Waals surface area contributed by atoms with E-state index in [-0.39, 0.29) is 22.6 Å². The molecule has 0 saturated heterocycles. The van der Waals surface area contributed by atoms with Crippen molar-refractivity contribution >= 4 is 21.6 Å². The molecule has 0 unspecified atom stereocenters. The molecule has 1 fully saturated rings. The van der Waals surface area contributed by atoms with Crippen molar-refractivity contribution in [2.75, 3.05) is 19.0 Å². The number of sulfonamides is 1. The Morgan fingerprint density at radius 1 is 1.14 bits per heavy atom. The molecular formula is C20H25N3O4S. The number of hydrogen-bond donors (Lipinski definition) is 2. The molecule has 0 radical (unpaired) electrons. The molecule has 1 aliphatic carbocycles. The summed E-state index contributed by atoms with van der Waals surface area (Å²) in [6, 6.07) is 9.90. The van der Waals surface area contributed by atoms with E-state index in [0.29, 0.717) is 18.0 Å². The van der Waals surface area contributed by atoms with Gasteiger partial charge in [-0.3, -0.25) is 9.78 Å². The van der Waals surface area contributed by atoms with Crippen molar-refractivity contribution in [1.29, 1.82) is 0 Å². The van der Waals surface area contributed by atoms with Crippen molar-refractivity contribution in [2.45, 2.75) is 30.6 Å². The highest BCUT2D eigenvalue weighted by molar-refractivity contribution is 7.89. The minimum Gasteiger partial charge on any atom is -0.497 e. The van der Waals surface area contributed by atoms with Crippen LogP contribution in [0.25, 0.3) is 0 Å². The van der Waals surface area contributed by atoms with E-state index in [1.54, 1.807) is 30.6 Å². The van der Waals surface area contributed by atoms with E-state index >= 15 is 0 Å². The van der Waals surface area contributed by atoms with Gasteiger partial charge in [0.25, 0.3) is 0 Å². The number of hydrogen-bond acceptors (Lipinski definition) is 5. The largest absolute Gasteiger partial charge is 0.497 e. The Kier molecular flexibility index (Phi) is 6.64. The smallest absolute Gasteiger partial charge is 0.240 e. The number of pyridine rings is 1. The number of carbonyl (C=O) groups excluding carboxylic acids is 1. The molecule has 1 aromatic carbocycles. The van der Waals surface area contributed by atoms with Gasteiger partial charge in [0.1, 0.15) is 5.75 Å². The minimum absolute atomic E-state index is 0.00487. The van der Waals surface area contributed by atoms with E-state index in [4.69, 9.17) is 4.74 Å². The summed E-state index contributed by atoms with van der Waals surface area (Å²) < 4.78 is 32.6. The summed E-state index contributed by atoms with van der Waals surface area (Å²) in [5.74, 6) is 0.803. The number of carbonyl (C=O) groups is 1. The fraction of sp³-hybridized carbons (Fsp3) is 0.400. The second-order valence-electron chi connectivity index (χ2n) is 6.98. The van der Waals surface area contributed by atoms with E-state index in [1.165, 1.54) is 19.2 Å². The number of nitrogens with zero attached hydrogens (tertiary/aromatic N) is 1. The molecule has 0 bridgehead atoms. The van der Waals surface area contributed by atoms with Gasteiger partial charge in [0.05, 0.1) is 23.9 Å². The molecule has 0 aliphatic heterocycles. The number of nitrogens with one attached hydrogen (secondary N) is 2. The summed E-state index contributed by atoms with van der Waals surface area (Å²) in [7, 11) is -2.01. The molecule has 8 heteroatoms. The summed E-state index contributed by atoms with van der Waals surface area (Å²) >= 11 is 0. The Bertz CT molecular complexity index is 877. The average Bonchev–Trinajstić information content (AvgIpc) is 2.73. The van der Waals surface area contributed by atoms with E-state index < -0.39 is 10.0 Å². The van der Waals surface area contributed by atoms with Crippen molar-refractivity contribution in [3.63, 3.8) is 0 Å². The Labute approximate surface area is 165 Å². The van der Waals surface area contributed by atoms with Gasteiger partial charge in [-0.2, -0.15) is 0 Å². The van der Waals surface area contributed by atoms with Gasteiger partial charge in [0.15, 0.2) is 0 Å². The lowest BCUT2D eigenvalue weighted by Gasteiger charge is -2.27. The van der Waals surface area contributed by atoms with Gasteiger partial charge in [-0.15, -0.1) is 0 Å². The molecule has 1 heterocycles. The molecule has 1 saturated carbocycles. The second-order valence-corrected chi connectivity index (χ2v) is 8.74. The predicted molar refractivity (Wildman–Crippen MR) is 106 cm³/mol. The maximum atomic E-state index is 12.4. The zero-order chi connectivity index (χ0) is 20.0. The number of amides is 1. The van der Waals surface area contributed by atoms with Crippen LogP contribution < -0.4 is 14.8 Å². The third-order valence-electron chi connectivity index (χ3n) is 5.08. The number of benzene rings is 1. The lowest BCUT2D eigenvalue weighted by atomic mass is 9.81. The van der Waals surface area contributed by atoms with Gasteiger partial charge in [0.2, 0.25) is 15.9 Å². The van der Waals surface area contributed by atoms with Crippen LogP contribution in [0.15, 0.2) is 53.7 Å². The van der Waals surface area contributed by atoms with Crippen LogP contribution in [0.5, 0.6) is 5.75 Å². The Morgan fingerprint density at radius 2 is 1.86 bits per heavy atom. The lowest BCUT2D eigenvalue weighted by molar-refractivity contribution is -0.121. The third-order valence-corrected chi connectivity index (χ3v) is 6.52. The van der Waals surface area contributed by atoms with Crippen LogP contribution in [-0.2, 0) is 14.8 Å². The van der Waals surface area contributed by atoms with Crippen LogP contribution in [0.2, 0.25) is 0 Å². The predicted octanol–water partition coefficient (Wildman–Crippen LogP) is 2.81. The first-order valence-electron chi connectivity index (χ1n) is 9.32. The monoisotopic (exact) mass is 403 g/mol. The summed E-state index contributed by atoms with van der Waals surface area (Å²) in [5.41, 5.74) is 0.696. The van der Waals surface area contributed by atoms with Crippen molar-refractivity contribution in [3.8, 4) is 5.75 Å². The average molecular weight is 404 g/mol. The number of aromatic nitrogens is 1. The SMILES string of the molecule is COc1ccc(S(=O)(=O)NCC2CCC(C(=O)Nc3cccnc3)CC2)cc1. The molecule has 7 nitrogen and oxygen atoms in total. The Morgan fingerprint density at radius 3 is 2.46 bits per heavy atom. The number of rotatable bonds is 7. The molecule has 2 N–H and O–H groups in total. The lowest BCUT2D eigenvalue weighted by Crippen LogP contribution is -2.33. The fourth-order valence-corrected chi connectivity index (χ4v) is 4.49. The van der Waals surface area contributed by atoms with Crippen LogP contribution in [0.1, 0.15) is 25.7 Å². The topological polar surface area (TPSA) is 97.4 Å². The molecule has 150 valence electrons. The molecular weight excluding hydrogens is 378 g/mol. The quantitative estimate of drug-likeness (QED) is 0.741. The molecule has 2 aromatic rings. The maximum absolute atomic E-state index is 12.4. The summed E-state index contributed by atoms with van der Waals surface area (Å²) in [5, 5.41) is 2.89. The van der Waals surface area contributed by atoms with Crippen molar-refractivity contribution in [1.82, 2.24) is 9.71 Å². The summed E-state index contributed by atoms with van der Waals surface area (Å²) in [6.07, 6.45) is 6.42. The molecule has 1 aliphatic rings. The highest BCUT2D eigenvalue weighted by Crippen LogP contribution is 2.29. The highest BCUT2D eigenvalue weighted by atomic mass is 32.2. The number of ether oxygens (including phenoxy) is 1. The van der Waals surface area contributed by atoms with Crippen LogP contribution in [-0.4, -0.2) is 33.0 Å². The van der Waals surface area contributed by atoms with Crippen LogP contribution in [0, 0.1) is 11.8 Å². The second kappa shape index (κ2) is 9.16. The molecule has 0 atom stereocenters. The van der Waals surface area contributed by atoms with Crippen molar-refractivity contribution in [2.24, 2.45) is 11.8 Å². The molecule has 1 aromatic heterocycles. The highest BCUT2D eigenvalue weighted by Gasteiger charge is 2.27. The van der Waals surface area contributed by atoms with Gasteiger partial charge < -0.3 is 10.1 Å². The van der Waals surface area contributed by atoms with E-state index in [2.05, 4.69) is 15.0 Å². The van der Waals surface area contributed by atoms with Gasteiger partial charge in [-0.1, -0.05) is 0 Å². The first-order chi connectivity index (χ1) is 13.5. The van der Waals surface area contributed by atoms with Gasteiger partial charge in [-0.05, 0) is 68.0 Å². The Hall–Kier alpha value is -2.45. The number of methoxy groups -OCH3 is 1. The molecule has 1 amide bonds. The normalized spacial score (nSPS) is 19.8. The van der Waals surface area contributed by atoms with Gasteiger partial charge >= 0.3 is 0 Å². The summed E-state index contributed by atoms with van der Waals surface area (Å²) in [4.78, 5) is 16.6. The molecule has 3 rings (SSSR count). The molecule has 28 heavy (non-hydrogen) atoms. The van der Waals surface area contributed by atoms with Crippen molar-refractivity contribution < 1.29 is 17.9 Å². The number of anilines is 1. The van der Waals surface area contributed by atoms with E-state index in [9.17, 15) is 13.2 Å². The molecule has 0 spiro atoms. The standard InChI is InChI=1S/C20H25N3O4S/c1-27-18-8-10-19(11-9-18)28(25,26)22-13-15-4-6-16(7-5-15)20(24)23-17-3-2-12-21-14-17/h2-3,8-12,14-16,22H,4-7,13H2,1H3,(H,23,24).